The molecule has 0 aliphatic heterocycles. The maximum Gasteiger partial charge on any atom is 0.305 e. The van der Waals surface area contributed by atoms with Crippen molar-refractivity contribution >= 4 is 17.3 Å². The molecule has 0 heterocycles. The number of carbonyl (C=O) groups is 1. The monoisotopic (exact) mass is 300 g/mol. The second kappa shape index (κ2) is 6.87. The lowest BCUT2D eigenvalue weighted by atomic mass is 10.1. The lowest BCUT2D eigenvalue weighted by molar-refractivity contribution is -0.384. The van der Waals surface area contributed by atoms with Crippen LogP contribution in [-0.4, -0.2) is 35.7 Å². The predicted molar refractivity (Wildman–Crippen MR) is 74.3 cm³/mol. The molecular weight excluding hydrogens is 283 g/mol. The van der Waals surface area contributed by atoms with Crippen molar-refractivity contribution < 1.29 is 24.0 Å². The van der Waals surface area contributed by atoms with E-state index in [1.807, 2.05) is 0 Å². The van der Waals surface area contributed by atoms with E-state index in [1.165, 1.54) is 18.1 Å². The van der Waals surface area contributed by atoms with Crippen LogP contribution in [0.15, 0.2) is 12.1 Å². The molecule has 0 fully saturated rings. The number of anilines is 1. The summed E-state index contributed by atoms with van der Waals surface area (Å²) >= 11 is 0. The first-order valence-corrected chi connectivity index (χ1v) is 6.32. The predicted octanol–water partition coefficient (Wildman–Crippen LogP) is 2.43. The molecular formula is C13H17FN2O5. The molecule has 1 N–H and O–H groups in total. The third-order valence-corrected chi connectivity index (χ3v) is 3.10. The number of rotatable bonds is 7. The first-order chi connectivity index (χ1) is 9.81. The molecule has 7 nitrogen and oxygen atoms in total. The summed E-state index contributed by atoms with van der Waals surface area (Å²) in [5.74, 6) is -1.98. The van der Waals surface area contributed by atoms with E-state index in [0.717, 1.165) is 6.07 Å². The van der Waals surface area contributed by atoms with E-state index >= 15 is 0 Å². The molecule has 0 saturated carbocycles. The molecule has 1 rings (SSSR count). The molecule has 1 aromatic rings. The number of aliphatic carboxylic acids is 1. The van der Waals surface area contributed by atoms with E-state index in [9.17, 15) is 19.3 Å². The minimum Gasteiger partial charge on any atom is -0.494 e. The van der Waals surface area contributed by atoms with Crippen molar-refractivity contribution in [3.63, 3.8) is 0 Å². The van der Waals surface area contributed by atoms with Gasteiger partial charge in [0.05, 0.1) is 24.5 Å². The molecule has 0 aliphatic rings. The highest BCUT2D eigenvalue weighted by Gasteiger charge is 2.26. The zero-order valence-corrected chi connectivity index (χ0v) is 12.0. The Hall–Kier alpha value is -2.38. The Labute approximate surface area is 121 Å². The Balaban J connectivity index is 3.35. The van der Waals surface area contributed by atoms with Gasteiger partial charge in [-0.2, -0.15) is 0 Å². The number of nitro groups is 1. The van der Waals surface area contributed by atoms with Gasteiger partial charge in [0.1, 0.15) is 5.69 Å². The Morgan fingerprint density at radius 2 is 2.19 bits per heavy atom. The van der Waals surface area contributed by atoms with Gasteiger partial charge in [0.25, 0.3) is 5.69 Å². The summed E-state index contributed by atoms with van der Waals surface area (Å²) in [5.41, 5.74) is -0.290. The summed E-state index contributed by atoms with van der Waals surface area (Å²) in [7, 11) is 1.25. The first kappa shape index (κ1) is 16.7. The van der Waals surface area contributed by atoms with Crippen LogP contribution >= 0.6 is 0 Å². The minimum atomic E-state index is -1.02. The van der Waals surface area contributed by atoms with E-state index in [-0.39, 0.29) is 17.9 Å². The summed E-state index contributed by atoms with van der Waals surface area (Å²) < 4.78 is 18.5. The van der Waals surface area contributed by atoms with Gasteiger partial charge in [-0.1, -0.05) is 0 Å². The Morgan fingerprint density at radius 3 is 2.62 bits per heavy atom. The van der Waals surface area contributed by atoms with Crippen molar-refractivity contribution in [3.05, 3.63) is 28.1 Å². The van der Waals surface area contributed by atoms with Crippen molar-refractivity contribution in [1.29, 1.82) is 0 Å². The summed E-state index contributed by atoms with van der Waals surface area (Å²) in [6, 6.07) is 1.51. The smallest absolute Gasteiger partial charge is 0.305 e. The van der Waals surface area contributed by atoms with Crippen molar-refractivity contribution in [2.75, 3.05) is 18.6 Å². The molecule has 1 atom stereocenters. The highest BCUT2D eigenvalue weighted by atomic mass is 19.1. The molecule has 1 aromatic carbocycles. The fourth-order valence-corrected chi connectivity index (χ4v) is 2.15. The highest BCUT2D eigenvalue weighted by Crippen LogP contribution is 2.35. The number of halogens is 1. The van der Waals surface area contributed by atoms with E-state index in [1.54, 1.807) is 13.8 Å². The van der Waals surface area contributed by atoms with Gasteiger partial charge < -0.3 is 14.7 Å². The SMILES string of the molecule is CCN(c1cc(OC)c(F)cc1[N+](=O)[O-])C(C)CC(=O)O. The molecule has 0 saturated heterocycles. The zero-order chi connectivity index (χ0) is 16.2. The topological polar surface area (TPSA) is 92.9 Å². The van der Waals surface area contributed by atoms with Crippen LogP contribution in [0.2, 0.25) is 0 Å². The molecule has 0 aliphatic carbocycles. The molecule has 0 spiro atoms. The van der Waals surface area contributed by atoms with Gasteiger partial charge in [-0.25, -0.2) is 4.39 Å². The summed E-state index contributed by atoms with van der Waals surface area (Å²) in [4.78, 5) is 22.7. The average molecular weight is 300 g/mol. The second-order valence-electron chi connectivity index (χ2n) is 4.47. The Kier molecular flexibility index (Phi) is 5.45. The number of carboxylic acids is 1. The maximum atomic E-state index is 13.6. The number of benzene rings is 1. The van der Waals surface area contributed by atoms with Crippen LogP contribution in [0.1, 0.15) is 20.3 Å². The van der Waals surface area contributed by atoms with Crippen LogP contribution in [0.4, 0.5) is 15.8 Å². The maximum absolute atomic E-state index is 13.6. The van der Waals surface area contributed by atoms with Gasteiger partial charge in [-0.15, -0.1) is 0 Å². The molecule has 0 radical (unpaired) electrons. The van der Waals surface area contributed by atoms with Crippen molar-refractivity contribution in [1.82, 2.24) is 0 Å². The quantitative estimate of drug-likeness (QED) is 0.614. The lowest BCUT2D eigenvalue weighted by Gasteiger charge is -2.29. The van der Waals surface area contributed by atoms with Gasteiger partial charge in [0.15, 0.2) is 11.6 Å². The van der Waals surface area contributed by atoms with Crippen LogP contribution in [0, 0.1) is 15.9 Å². The number of methoxy groups -OCH3 is 1. The molecule has 1 unspecified atom stereocenters. The number of nitro benzene ring substituents is 1. The third kappa shape index (κ3) is 3.80. The normalized spacial score (nSPS) is 11.8. The number of carboxylic acid groups (broad SMARTS) is 1. The standard InChI is InChI=1S/C13H17FN2O5/c1-4-15(8(2)5-13(17)18)10-7-12(21-3)9(14)6-11(10)16(19)20/h6-8H,4-5H2,1-3H3,(H,17,18). The van der Waals surface area contributed by atoms with E-state index in [4.69, 9.17) is 9.84 Å². The number of hydrogen-bond acceptors (Lipinski definition) is 5. The van der Waals surface area contributed by atoms with Crippen molar-refractivity contribution in [2.24, 2.45) is 0 Å². The van der Waals surface area contributed by atoms with Gasteiger partial charge in [-0.3, -0.25) is 14.9 Å². The average Bonchev–Trinajstić information content (AvgIpc) is 2.39. The third-order valence-electron chi connectivity index (χ3n) is 3.10. The summed E-state index contributed by atoms with van der Waals surface area (Å²) in [5, 5.41) is 19.9. The van der Waals surface area contributed by atoms with Crippen molar-refractivity contribution in [2.45, 2.75) is 26.3 Å². The number of ether oxygens (including phenoxy) is 1. The molecule has 8 heteroatoms. The Morgan fingerprint density at radius 1 is 1.57 bits per heavy atom. The molecule has 0 bridgehead atoms. The van der Waals surface area contributed by atoms with Gasteiger partial charge >= 0.3 is 5.97 Å². The van der Waals surface area contributed by atoms with Crippen LogP contribution in [-0.2, 0) is 4.79 Å². The van der Waals surface area contributed by atoms with Gasteiger partial charge in [0.2, 0.25) is 0 Å². The van der Waals surface area contributed by atoms with E-state index in [2.05, 4.69) is 0 Å². The summed E-state index contributed by atoms with van der Waals surface area (Å²) in [6.45, 7) is 3.71. The highest BCUT2D eigenvalue weighted by molar-refractivity contribution is 5.71. The zero-order valence-electron chi connectivity index (χ0n) is 12.0. The summed E-state index contributed by atoms with van der Waals surface area (Å²) in [6.07, 6.45) is -0.190. The first-order valence-electron chi connectivity index (χ1n) is 6.32. The largest absolute Gasteiger partial charge is 0.494 e. The van der Waals surface area contributed by atoms with E-state index in [0.29, 0.717) is 6.54 Å². The van der Waals surface area contributed by atoms with Gasteiger partial charge in [-0.05, 0) is 13.8 Å². The molecule has 0 aromatic heterocycles. The van der Waals surface area contributed by atoms with Crippen LogP contribution in [0.25, 0.3) is 0 Å². The van der Waals surface area contributed by atoms with Gasteiger partial charge in [0, 0.05) is 18.7 Å². The molecule has 21 heavy (non-hydrogen) atoms. The lowest BCUT2D eigenvalue weighted by Crippen LogP contribution is -2.35. The minimum absolute atomic E-state index is 0.128. The van der Waals surface area contributed by atoms with Crippen LogP contribution < -0.4 is 9.64 Å². The fraction of sp³-hybridized carbons (Fsp3) is 0.462. The molecule has 0 amide bonds. The second-order valence-corrected chi connectivity index (χ2v) is 4.47. The van der Waals surface area contributed by atoms with E-state index < -0.39 is 28.4 Å². The number of hydrogen-bond donors (Lipinski definition) is 1. The fourth-order valence-electron chi connectivity index (χ4n) is 2.15. The van der Waals surface area contributed by atoms with Crippen molar-refractivity contribution in [3.8, 4) is 5.75 Å². The van der Waals surface area contributed by atoms with Crippen LogP contribution in [0.3, 0.4) is 0 Å². The molecule has 116 valence electrons. The Bertz CT molecular complexity index is 550. The van der Waals surface area contributed by atoms with Crippen LogP contribution in [0.5, 0.6) is 5.75 Å². The number of nitrogens with zero attached hydrogens (tertiary/aromatic N) is 2.